The van der Waals surface area contributed by atoms with Crippen molar-refractivity contribution in [2.45, 2.75) is 20.4 Å². The molecular weight excluding hydrogens is 442 g/mol. The number of para-hydroxylation sites is 1. The Morgan fingerprint density at radius 2 is 1.71 bits per heavy atom. The highest BCUT2D eigenvalue weighted by Gasteiger charge is 2.16. The first-order chi connectivity index (χ1) is 17.1. The Kier molecular flexibility index (Phi) is 6.30. The van der Waals surface area contributed by atoms with Crippen molar-refractivity contribution in [2.75, 3.05) is 18.5 Å². The molecule has 0 saturated heterocycles. The molecule has 1 N–H and O–H groups in total. The minimum Gasteiger partial charge on any atom is -0.464 e. The van der Waals surface area contributed by atoms with Crippen molar-refractivity contribution in [3.05, 3.63) is 84.1 Å². The fourth-order valence-electron chi connectivity index (χ4n) is 3.97. The van der Waals surface area contributed by atoms with Crippen LogP contribution < -0.4 is 10.1 Å². The van der Waals surface area contributed by atoms with Crippen molar-refractivity contribution >= 4 is 33.6 Å². The summed E-state index contributed by atoms with van der Waals surface area (Å²) in [5, 5.41) is 5.54. The number of hydrogen-bond acceptors (Lipinski definition) is 7. The summed E-state index contributed by atoms with van der Waals surface area (Å²) < 4.78 is 16.7. The molecule has 0 radical (unpaired) electrons. The number of ether oxygens (including phenoxy) is 2. The summed E-state index contributed by atoms with van der Waals surface area (Å²) in [6.07, 6.45) is 0. The highest BCUT2D eigenvalue weighted by Crippen LogP contribution is 2.31. The van der Waals surface area contributed by atoms with Crippen molar-refractivity contribution in [1.29, 1.82) is 0 Å². The van der Waals surface area contributed by atoms with Crippen molar-refractivity contribution in [3.8, 4) is 17.3 Å². The van der Waals surface area contributed by atoms with Crippen LogP contribution in [-0.2, 0) is 16.1 Å². The van der Waals surface area contributed by atoms with Gasteiger partial charge in [-0.1, -0.05) is 54.6 Å². The number of aromatic nitrogens is 2. The molecule has 0 spiro atoms. The predicted molar refractivity (Wildman–Crippen MR) is 135 cm³/mol. The average molecular weight is 468 g/mol. The third-order valence-corrected chi connectivity index (χ3v) is 5.63. The van der Waals surface area contributed by atoms with Gasteiger partial charge in [-0.2, -0.15) is 4.98 Å². The molecule has 35 heavy (non-hydrogen) atoms. The minimum absolute atomic E-state index is 0.236. The van der Waals surface area contributed by atoms with Gasteiger partial charge in [-0.05, 0) is 37.6 Å². The Balaban J connectivity index is 1.44. The number of carbonyl (C=O) groups is 1. The number of fused-ring (bicyclic) bond motifs is 3. The zero-order chi connectivity index (χ0) is 24.2. The second-order valence-corrected chi connectivity index (χ2v) is 8.05. The molecule has 0 aliphatic carbocycles. The smallest absolute Gasteiger partial charge is 0.344 e. The Morgan fingerprint density at radius 1 is 0.943 bits per heavy atom. The van der Waals surface area contributed by atoms with E-state index in [1.807, 2.05) is 67.6 Å². The Bertz CT molecular complexity index is 1490. The summed E-state index contributed by atoms with van der Waals surface area (Å²) in [5.74, 6) is 0.381. The summed E-state index contributed by atoms with van der Waals surface area (Å²) >= 11 is 0. The van der Waals surface area contributed by atoms with E-state index < -0.39 is 5.97 Å². The maximum absolute atomic E-state index is 11.9. The molecule has 5 aromatic rings. The molecule has 0 fully saturated rings. The molecule has 0 saturated carbocycles. The maximum Gasteiger partial charge on any atom is 0.344 e. The topological polar surface area (TPSA) is 86.5 Å². The zero-order valence-electron chi connectivity index (χ0n) is 19.6. The quantitative estimate of drug-likeness (QED) is 0.284. The summed E-state index contributed by atoms with van der Waals surface area (Å²) in [6, 6.07) is 23.8. The van der Waals surface area contributed by atoms with Crippen LogP contribution in [-0.4, -0.2) is 29.2 Å². The Hall–Kier alpha value is -4.39. The molecule has 2 heterocycles. The van der Waals surface area contributed by atoms with E-state index in [1.54, 1.807) is 6.92 Å². The lowest BCUT2D eigenvalue weighted by atomic mass is 10.1. The summed E-state index contributed by atoms with van der Waals surface area (Å²) in [7, 11) is 0. The molecule has 0 atom stereocenters. The molecule has 7 nitrogen and oxygen atoms in total. The monoisotopic (exact) mass is 467 g/mol. The van der Waals surface area contributed by atoms with Crippen LogP contribution in [0.15, 0.2) is 77.2 Å². The minimum atomic E-state index is -0.451. The van der Waals surface area contributed by atoms with Crippen LogP contribution in [0, 0.1) is 6.92 Å². The van der Waals surface area contributed by atoms with Gasteiger partial charge >= 0.3 is 5.97 Å². The molecule has 0 aliphatic heterocycles. The van der Waals surface area contributed by atoms with Gasteiger partial charge < -0.3 is 19.2 Å². The Morgan fingerprint density at radius 3 is 2.54 bits per heavy atom. The van der Waals surface area contributed by atoms with E-state index in [1.165, 1.54) is 0 Å². The number of nitrogens with one attached hydrogen (secondary N) is 1. The van der Waals surface area contributed by atoms with Crippen molar-refractivity contribution in [1.82, 2.24) is 9.97 Å². The van der Waals surface area contributed by atoms with Gasteiger partial charge in [0, 0.05) is 22.9 Å². The van der Waals surface area contributed by atoms with Gasteiger partial charge in [-0.3, -0.25) is 0 Å². The van der Waals surface area contributed by atoms with Gasteiger partial charge in [-0.25, -0.2) is 9.78 Å². The summed E-state index contributed by atoms with van der Waals surface area (Å²) in [5.41, 5.74) is 4.98. The fraction of sp³-hybridized carbons (Fsp3) is 0.179. The number of anilines is 1. The van der Waals surface area contributed by atoms with Crippen LogP contribution in [0.5, 0.6) is 5.88 Å². The summed E-state index contributed by atoms with van der Waals surface area (Å²) in [4.78, 5) is 21.2. The normalized spacial score (nSPS) is 11.0. The maximum atomic E-state index is 11.9. The second-order valence-electron chi connectivity index (χ2n) is 8.05. The van der Waals surface area contributed by atoms with E-state index in [0.717, 1.165) is 33.1 Å². The fourth-order valence-corrected chi connectivity index (χ4v) is 3.97. The van der Waals surface area contributed by atoms with Crippen LogP contribution >= 0.6 is 0 Å². The molecule has 0 unspecified atom stereocenters. The lowest BCUT2D eigenvalue weighted by Crippen LogP contribution is -2.17. The number of carbonyl (C=O) groups excluding carboxylic acids is 1. The van der Waals surface area contributed by atoms with Gasteiger partial charge in [0.15, 0.2) is 12.4 Å². The van der Waals surface area contributed by atoms with Gasteiger partial charge in [0.05, 0.1) is 12.3 Å². The predicted octanol–water partition coefficient (Wildman–Crippen LogP) is 5.91. The molecule has 176 valence electrons. The van der Waals surface area contributed by atoms with Gasteiger partial charge in [0.1, 0.15) is 16.9 Å². The van der Waals surface area contributed by atoms with E-state index in [4.69, 9.17) is 13.9 Å². The van der Waals surface area contributed by atoms with Crippen molar-refractivity contribution < 1.29 is 18.7 Å². The van der Waals surface area contributed by atoms with Crippen LogP contribution in [0.25, 0.3) is 33.3 Å². The highest BCUT2D eigenvalue weighted by atomic mass is 16.6. The SMILES string of the molecule is CCOC(=O)COc1nc(-c2ccccc2)nc(C)c1NCc1ccc2oc3ccccc3c2c1. The van der Waals surface area contributed by atoms with Crippen LogP contribution in [0.2, 0.25) is 0 Å². The van der Waals surface area contributed by atoms with Crippen LogP contribution in [0.1, 0.15) is 18.2 Å². The van der Waals surface area contributed by atoms with Crippen LogP contribution in [0.3, 0.4) is 0 Å². The molecule has 0 bridgehead atoms. The van der Waals surface area contributed by atoms with E-state index in [2.05, 4.69) is 27.4 Å². The third-order valence-electron chi connectivity index (χ3n) is 5.63. The van der Waals surface area contributed by atoms with E-state index >= 15 is 0 Å². The van der Waals surface area contributed by atoms with Crippen molar-refractivity contribution in [3.63, 3.8) is 0 Å². The second kappa shape index (κ2) is 9.85. The molecule has 2 aromatic heterocycles. The van der Waals surface area contributed by atoms with Crippen molar-refractivity contribution in [2.24, 2.45) is 0 Å². The molecule has 5 rings (SSSR count). The Labute approximate surface area is 202 Å². The number of nitrogens with zero attached hydrogens (tertiary/aromatic N) is 2. The average Bonchev–Trinajstić information content (AvgIpc) is 3.25. The number of rotatable bonds is 8. The molecule has 0 amide bonds. The van der Waals surface area contributed by atoms with Gasteiger partial charge in [-0.15, -0.1) is 0 Å². The zero-order valence-corrected chi connectivity index (χ0v) is 19.6. The first kappa shape index (κ1) is 22.4. The van der Waals surface area contributed by atoms with E-state index in [9.17, 15) is 4.79 Å². The van der Waals surface area contributed by atoms with Gasteiger partial charge in [0.25, 0.3) is 0 Å². The molecule has 7 heteroatoms. The number of furan rings is 1. The largest absolute Gasteiger partial charge is 0.464 e. The number of aryl methyl sites for hydroxylation is 1. The molecule has 0 aliphatic rings. The van der Waals surface area contributed by atoms with E-state index in [-0.39, 0.29) is 13.2 Å². The highest BCUT2D eigenvalue weighted by molar-refractivity contribution is 6.05. The molecular formula is C28H25N3O4. The third kappa shape index (κ3) is 4.80. The lowest BCUT2D eigenvalue weighted by Gasteiger charge is -2.16. The number of hydrogen-bond donors (Lipinski definition) is 1. The van der Waals surface area contributed by atoms with Gasteiger partial charge in [0.2, 0.25) is 5.88 Å². The van der Waals surface area contributed by atoms with E-state index in [0.29, 0.717) is 29.6 Å². The number of esters is 1. The first-order valence-corrected chi connectivity index (χ1v) is 11.5. The molecule has 3 aromatic carbocycles. The standard InChI is InChI=1S/C28H25N3O4/c1-3-33-25(32)17-34-28-26(18(2)30-27(31-28)20-9-5-4-6-10-20)29-16-19-13-14-24-22(15-19)21-11-7-8-12-23(21)35-24/h4-15,29H,3,16-17H2,1-2H3. The lowest BCUT2D eigenvalue weighted by molar-refractivity contribution is -0.145. The summed E-state index contributed by atoms with van der Waals surface area (Å²) in [6.45, 7) is 4.21. The first-order valence-electron chi connectivity index (χ1n) is 11.5. The van der Waals surface area contributed by atoms with Crippen LogP contribution in [0.4, 0.5) is 5.69 Å². The number of benzene rings is 3.